The summed E-state index contributed by atoms with van der Waals surface area (Å²) < 4.78 is 52.6. The van der Waals surface area contributed by atoms with E-state index >= 15 is 0 Å². The van der Waals surface area contributed by atoms with Gasteiger partial charge in [0.15, 0.2) is 0 Å². The Labute approximate surface area is 553 Å². The van der Waals surface area contributed by atoms with Crippen molar-refractivity contribution in [2.75, 3.05) is 0 Å². The molecule has 0 bridgehead atoms. The molecule has 0 aromatic heterocycles. The van der Waals surface area contributed by atoms with Gasteiger partial charge in [0.05, 0.1) is 0 Å². The second-order valence-electron chi connectivity index (χ2n) is 22.8. The quantitative estimate of drug-likeness (QED) is 0.0972. The third kappa shape index (κ3) is 9.65. The van der Waals surface area contributed by atoms with E-state index in [2.05, 4.69) is 48.5 Å². The summed E-state index contributed by atoms with van der Waals surface area (Å²) in [6, 6.07) is 97.1. The smallest absolute Gasteiger partial charge is 0.736 e. The van der Waals surface area contributed by atoms with Crippen LogP contribution in [-0.4, -0.2) is 37.7 Å². The normalized spacial score (nSPS) is 13.5. The van der Waals surface area contributed by atoms with E-state index in [9.17, 15) is 18.9 Å². The average molecular weight is 1240 g/mol. The Hall–Kier alpha value is -9.56. The molecule has 11 heteroatoms. The molecule has 0 spiro atoms. The van der Waals surface area contributed by atoms with Crippen LogP contribution in [0.3, 0.4) is 0 Å². The molecule has 0 unspecified atom stereocenters. The molecule has 0 N–H and O–H groups in total. The summed E-state index contributed by atoms with van der Waals surface area (Å²) >= 11 is 0. The van der Waals surface area contributed by atoms with Crippen LogP contribution < -0.4 is 27.9 Å². The van der Waals surface area contributed by atoms with Crippen molar-refractivity contribution in [1.29, 1.82) is 0 Å². The molecule has 16 aromatic rings. The predicted molar refractivity (Wildman–Crippen MR) is 369 cm³/mol. The van der Waals surface area contributed by atoms with Gasteiger partial charge in [0, 0.05) is 43.8 Å². The molecular weight excluding hydrogens is 1190 g/mol. The van der Waals surface area contributed by atoms with Gasteiger partial charge in [0.2, 0.25) is 0 Å². The summed E-state index contributed by atoms with van der Waals surface area (Å²) in [4.78, 5) is 28.1. The third-order valence-electron chi connectivity index (χ3n) is 17.6. The van der Waals surface area contributed by atoms with Crippen molar-refractivity contribution in [1.82, 2.24) is 0 Å². The molecule has 0 radical (unpaired) electrons. The standard InChI is InChI=1S/2C40H25O4P.Ca/c2*41-45(42)43-39-35-29(21-19-27-15-7-9-17-31(27)35)23-33(25-11-3-1-4-12-25)37(39)38-34(26-13-5-2-6-14-26)24-30-22-20-28-16-8-10-18-32(28)36(30)40(38)44-45;/h2*1-24H,(H,41,42);/q;;+2/p-2. The van der Waals surface area contributed by atoms with Gasteiger partial charge in [-0.05, 0) is 133 Å². The van der Waals surface area contributed by atoms with Crippen LogP contribution >= 0.6 is 15.6 Å². The zero-order chi connectivity index (χ0) is 60.2. The van der Waals surface area contributed by atoms with Crippen molar-refractivity contribution in [3.63, 3.8) is 0 Å². The molecule has 0 amide bonds. The number of fused-ring (bicyclic) bond motifs is 22. The Morgan fingerprint density at radius 2 is 0.418 bits per heavy atom. The Morgan fingerprint density at radius 1 is 0.231 bits per heavy atom. The van der Waals surface area contributed by atoms with Crippen molar-refractivity contribution >= 4 is 140 Å². The molecule has 0 saturated heterocycles. The maximum atomic E-state index is 14.0. The Bertz CT molecular complexity index is 5060. The molecule has 2 aliphatic rings. The second kappa shape index (κ2) is 22.4. The number of hydrogen-bond acceptors (Lipinski definition) is 8. The van der Waals surface area contributed by atoms with Crippen molar-refractivity contribution in [2.24, 2.45) is 0 Å². The minimum atomic E-state index is -4.93. The molecular formula is C80H48CaO8P2. The van der Waals surface area contributed by atoms with E-state index < -0.39 is 15.6 Å². The van der Waals surface area contributed by atoms with Crippen LogP contribution in [-0.2, 0) is 9.13 Å². The SMILES string of the molecule is O=P1([O-])Oc2c(c(-c3ccccc3)cc3ccc4ccccc4c23)-c2c(-c3ccccc3)cc3ccc4ccccc4c3c2O1.O=P1([O-])Oc2c(c(-c3ccccc3)cc3ccc4ccccc4c23)-c2c(-c3ccccc3)cc3ccc4ccccc4c3c2O1.[Ca+2]. The average Bonchev–Trinajstić information content (AvgIpc) is 1.70. The van der Waals surface area contributed by atoms with Gasteiger partial charge in [0.25, 0.3) is 0 Å². The molecule has 0 aliphatic carbocycles. The molecule has 16 aromatic carbocycles. The van der Waals surface area contributed by atoms with E-state index in [1.165, 1.54) is 0 Å². The van der Waals surface area contributed by atoms with Crippen LogP contribution in [0.1, 0.15) is 0 Å². The summed E-state index contributed by atoms with van der Waals surface area (Å²) in [6.07, 6.45) is 0. The van der Waals surface area contributed by atoms with Crippen molar-refractivity contribution < 1.29 is 37.0 Å². The zero-order valence-electron chi connectivity index (χ0n) is 48.6. The zero-order valence-corrected chi connectivity index (χ0v) is 52.6. The van der Waals surface area contributed by atoms with Gasteiger partial charge in [-0.1, -0.05) is 267 Å². The third-order valence-corrected chi connectivity index (χ3v) is 19.2. The maximum absolute atomic E-state index is 14.0. The molecule has 91 heavy (non-hydrogen) atoms. The summed E-state index contributed by atoms with van der Waals surface area (Å²) in [5.74, 6) is 1.10. The van der Waals surface area contributed by atoms with E-state index in [-0.39, 0.29) is 60.7 Å². The molecule has 8 nitrogen and oxygen atoms in total. The number of phosphoric ester groups is 2. The van der Waals surface area contributed by atoms with Gasteiger partial charge in [-0.15, -0.1) is 0 Å². The predicted octanol–water partition coefficient (Wildman–Crippen LogP) is 20.7. The number of phosphoric acid groups is 2. The Kier molecular flexibility index (Phi) is 14.0. The second-order valence-corrected chi connectivity index (χ2v) is 25.3. The van der Waals surface area contributed by atoms with Gasteiger partial charge in [-0.25, -0.2) is 9.13 Å². The first-order chi connectivity index (χ1) is 44.1. The monoisotopic (exact) mass is 1240 g/mol. The first-order valence-electron chi connectivity index (χ1n) is 29.7. The fourth-order valence-corrected chi connectivity index (χ4v) is 15.5. The number of hydrogen-bond donors (Lipinski definition) is 0. The molecule has 0 saturated carbocycles. The largest absolute Gasteiger partial charge is 2.00 e. The van der Waals surface area contributed by atoms with Crippen molar-refractivity contribution in [3.05, 3.63) is 291 Å². The fourth-order valence-electron chi connectivity index (χ4n) is 13.8. The van der Waals surface area contributed by atoms with E-state index in [0.29, 0.717) is 22.3 Å². The molecule has 0 atom stereocenters. The van der Waals surface area contributed by atoms with Crippen LogP contribution in [0.4, 0.5) is 0 Å². The minimum Gasteiger partial charge on any atom is -0.736 e. The molecule has 18 rings (SSSR count). The minimum absolute atomic E-state index is 0. The summed E-state index contributed by atoms with van der Waals surface area (Å²) in [5, 5.41) is 14.0. The van der Waals surface area contributed by atoms with Gasteiger partial charge in [-0.3, -0.25) is 0 Å². The van der Waals surface area contributed by atoms with E-state index in [4.69, 9.17) is 18.1 Å². The number of rotatable bonds is 4. The van der Waals surface area contributed by atoms with Crippen LogP contribution in [0, 0.1) is 0 Å². The van der Waals surface area contributed by atoms with E-state index in [1.54, 1.807) is 0 Å². The van der Waals surface area contributed by atoms with Crippen LogP contribution in [0.5, 0.6) is 23.0 Å². The van der Waals surface area contributed by atoms with Gasteiger partial charge in [0.1, 0.15) is 23.0 Å². The summed E-state index contributed by atoms with van der Waals surface area (Å²) in [7, 11) is -9.86. The maximum Gasteiger partial charge on any atom is 2.00 e. The van der Waals surface area contributed by atoms with Crippen LogP contribution in [0.2, 0.25) is 0 Å². The Morgan fingerprint density at radius 3 is 0.637 bits per heavy atom. The molecule has 428 valence electrons. The fraction of sp³-hybridized carbons (Fsp3) is 0. The van der Waals surface area contributed by atoms with Crippen LogP contribution in [0.25, 0.3) is 153 Å². The van der Waals surface area contributed by atoms with Crippen LogP contribution in [0.15, 0.2) is 291 Å². The van der Waals surface area contributed by atoms with E-state index in [0.717, 1.165) is 131 Å². The summed E-state index contributed by atoms with van der Waals surface area (Å²) in [6.45, 7) is 0. The van der Waals surface area contributed by atoms with Gasteiger partial charge >= 0.3 is 53.4 Å². The first-order valence-corrected chi connectivity index (χ1v) is 32.6. The van der Waals surface area contributed by atoms with Crippen molar-refractivity contribution in [2.45, 2.75) is 0 Å². The number of benzene rings is 16. The molecule has 2 heterocycles. The van der Waals surface area contributed by atoms with Crippen molar-refractivity contribution in [3.8, 4) is 89.8 Å². The molecule has 0 fully saturated rings. The topological polar surface area (TPSA) is 117 Å². The molecule has 2 aliphatic heterocycles. The van der Waals surface area contributed by atoms with E-state index in [1.807, 2.05) is 243 Å². The van der Waals surface area contributed by atoms with Gasteiger partial charge < -0.3 is 27.9 Å². The Balaban J connectivity index is 0.000000144. The van der Waals surface area contributed by atoms with Gasteiger partial charge in [-0.2, -0.15) is 0 Å². The summed E-state index contributed by atoms with van der Waals surface area (Å²) in [5.41, 5.74) is 9.93. The first kappa shape index (κ1) is 56.7.